The van der Waals surface area contributed by atoms with Gasteiger partial charge in [0, 0.05) is 5.56 Å². The van der Waals surface area contributed by atoms with Crippen molar-refractivity contribution >= 4 is 11.9 Å². The summed E-state index contributed by atoms with van der Waals surface area (Å²) in [5.74, 6) is -1.11. The van der Waals surface area contributed by atoms with Crippen molar-refractivity contribution in [3.63, 3.8) is 0 Å². The Morgan fingerprint density at radius 1 is 1.08 bits per heavy atom. The summed E-state index contributed by atoms with van der Waals surface area (Å²) in [6, 6.07) is 14.0. The highest BCUT2D eigenvalue weighted by atomic mass is 16.5. The van der Waals surface area contributed by atoms with E-state index in [4.69, 9.17) is 9.84 Å². The average molecular weight is 339 g/mol. The van der Waals surface area contributed by atoms with E-state index < -0.39 is 5.97 Å². The molecule has 3 rings (SSSR count). The standard InChI is InChI=1S/C20H21NO4/c1-13-5-3-4-6-17(13)18-11-21(14(2)12-25-18)19(22)15-7-9-16(10-8-15)20(23)24/h3-10,14,18H,11-12H2,1-2H3,(H,23,24). The van der Waals surface area contributed by atoms with Gasteiger partial charge in [0.05, 0.1) is 24.8 Å². The number of rotatable bonds is 3. The number of hydrogen-bond donors (Lipinski definition) is 1. The van der Waals surface area contributed by atoms with Crippen molar-refractivity contribution in [2.45, 2.75) is 26.0 Å². The van der Waals surface area contributed by atoms with E-state index in [1.54, 1.807) is 17.0 Å². The highest BCUT2D eigenvalue weighted by Crippen LogP contribution is 2.28. The molecule has 0 radical (unpaired) electrons. The number of carbonyl (C=O) groups excluding carboxylic acids is 1. The molecule has 130 valence electrons. The van der Waals surface area contributed by atoms with Crippen LogP contribution in [-0.4, -0.2) is 41.1 Å². The molecule has 1 amide bonds. The highest BCUT2D eigenvalue weighted by Gasteiger charge is 2.31. The molecule has 0 aromatic heterocycles. The van der Waals surface area contributed by atoms with Crippen molar-refractivity contribution in [1.82, 2.24) is 4.90 Å². The number of carboxylic acids is 1. The van der Waals surface area contributed by atoms with Crippen molar-refractivity contribution in [3.05, 3.63) is 70.8 Å². The van der Waals surface area contributed by atoms with Crippen LogP contribution in [-0.2, 0) is 4.74 Å². The van der Waals surface area contributed by atoms with Crippen LogP contribution < -0.4 is 0 Å². The Morgan fingerprint density at radius 2 is 1.72 bits per heavy atom. The zero-order chi connectivity index (χ0) is 18.0. The number of carbonyl (C=O) groups is 2. The number of nitrogens with zero attached hydrogens (tertiary/aromatic N) is 1. The van der Waals surface area contributed by atoms with Gasteiger partial charge in [-0.2, -0.15) is 0 Å². The van der Waals surface area contributed by atoms with Crippen molar-refractivity contribution in [2.75, 3.05) is 13.2 Å². The summed E-state index contributed by atoms with van der Waals surface area (Å²) < 4.78 is 5.95. The van der Waals surface area contributed by atoms with Crippen LogP contribution in [0.1, 0.15) is 44.9 Å². The number of hydrogen-bond acceptors (Lipinski definition) is 3. The number of morpholine rings is 1. The number of benzene rings is 2. The van der Waals surface area contributed by atoms with Gasteiger partial charge in [-0.3, -0.25) is 4.79 Å². The number of carboxylic acid groups (broad SMARTS) is 1. The van der Waals surface area contributed by atoms with E-state index in [1.807, 2.05) is 38.1 Å². The smallest absolute Gasteiger partial charge is 0.335 e. The first-order chi connectivity index (χ1) is 12.0. The van der Waals surface area contributed by atoms with E-state index in [0.29, 0.717) is 18.7 Å². The molecule has 0 bridgehead atoms. The Hall–Kier alpha value is -2.66. The fourth-order valence-corrected chi connectivity index (χ4v) is 3.10. The minimum atomic E-state index is -1.00. The Labute approximate surface area is 146 Å². The SMILES string of the molecule is Cc1ccccc1C1CN(C(=O)c2ccc(C(=O)O)cc2)C(C)CO1. The van der Waals surface area contributed by atoms with Gasteiger partial charge < -0.3 is 14.7 Å². The summed E-state index contributed by atoms with van der Waals surface area (Å²) in [4.78, 5) is 25.6. The molecular weight excluding hydrogens is 318 g/mol. The van der Waals surface area contributed by atoms with Crippen LogP contribution in [0.2, 0.25) is 0 Å². The van der Waals surface area contributed by atoms with Gasteiger partial charge in [0.25, 0.3) is 5.91 Å². The lowest BCUT2D eigenvalue weighted by atomic mass is 10.0. The second-order valence-electron chi connectivity index (χ2n) is 6.37. The Morgan fingerprint density at radius 3 is 2.36 bits per heavy atom. The zero-order valence-electron chi connectivity index (χ0n) is 14.3. The summed E-state index contributed by atoms with van der Waals surface area (Å²) in [5, 5.41) is 8.98. The predicted octanol–water partition coefficient (Wildman–Crippen LogP) is 3.30. The van der Waals surface area contributed by atoms with E-state index >= 15 is 0 Å². The highest BCUT2D eigenvalue weighted by molar-refractivity contribution is 5.96. The van der Waals surface area contributed by atoms with Crippen LogP contribution in [0.4, 0.5) is 0 Å². The molecule has 2 aromatic rings. The number of amides is 1. The lowest BCUT2D eigenvalue weighted by Gasteiger charge is -2.38. The van der Waals surface area contributed by atoms with Gasteiger partial charge in [0.15, 0.2) is 0 Å². The van der Waals surface area contributed by atoms with Gasteiger partial charge in [-0.15, -0.1) is 0 Å². The molecule has 1 N–H and O–H groups in total. The molecule has 2 atom stereocenters. The first-order valence-corrected chi connectivity index (χ1v) is 8.29. The Balaban J connectivity index is 1.81. The first-order valence-electron chi connectivity index (χ1n) is 8.29. The largest absolute Gasteiger partial charge is 0.478 e. The second kappa shape index (κ2) is 7.07. The van der Waals surface area contributed by atoms with Gasteiger partial charge in [-0.25, -0.2) is 4.79 Å². The van der Waals surface area contributed by atoms with Crippen molar-refractivity contribution in [2.24, 2.45) is 0 Å². The van der Waals surface area contributed by atoms with Crippen molar-refractivity contribution in [1.29, 1.82) is 0 Å². The van der Waals surface area contributed by atoms with Crippen LogP contribution >= 0.6 is 0 Å². The Kier molecular flexibility index (Phi) is 4.86. The minimum absolute atomic E-state index is 0.0353. The van der Waals surface area contributed by atoms with Gasteiger partial charge >= 0.3 is 5.97 Å². The van der Waals surface area contributed by atoms with E-state index in [1.165, 1.54) is 12.1 Å². The molecule has 0 saturated carbocycles. The fraction of sp³-hybridized carbons (Fsp3) is 0.300. The molecule has 1 heterocycles. The maximum atomic E-state index is 12.9. The van der Waals surface area contributed by atoms with Gasteiger partial charge in [0.1, 0.15) is 6.10 Å². The predicted molar refractivity (Wildman–Crippen MR) is 93.8 cm³/mol. The molecule has 1 aliphatic heterocycles. The second-order valence-corrected chi connectivity index (χ2v) is 6.37. The van der Waals surface area contributed by atoms with Crippen LogP contribution in [0.3, 0.4) is 0 Å². The number of ether oxygens (including phenoxy) is 1. The maximum absolute atomic E-state index is 12.9. The van der Waals surface area contributed by atoms with Crippen molar-refractivity contribution in [3.8, 4) is 0 Å². The van der Waals surface area contributed by atoms with Crippen LogP contribution in [0.25, 0.3) is 0 Å². The third-order valence-corrected chi connectivity index (χ3v) is 4.61. The summed E-state index contributed by atoms with van der Waals surface area (Å²) in [6.45, 7) is 4.94. The average Bonchev–Trinajstić information content (AvgIpc) is 2.62. The third-order valence-electron chi connectivity index (χ3n) is 4.61. The zero-order valence-corrected chi connectivity index (χ0v) is 14.3. The van der Waals surface area contributed by atoms with Gasteiger partial charge in [0.2, 0.25) is 0 Å². The summed E-state index contributed by atoms with van der Waals surface area (Å²) in [5.41, 5.74) is 2.89. The molecule has 0 spiro atoms. The maximum Gasteiger partial charge on any atom is 0.335 e. The molecule has 5 heteroatoms. The number of aryl methyl sites for hydroxylation is 1. The summed E-state index contributed by atoms with van der Waals surface area (Å²) in [6.07, 6.45) is -0.153. The van der Waals surface area contributed by atoms with Gasteiger partial charge in [-0.1, -0.05) is 24.3 Å². The van der Waals surface area contributed by atoms with E-state index in [-0.39, 0.29) is 23.6 Å². The summed E-state index contributed by atoms with van der Waals surface area (Å²) >= 11 is 0. The van der Waals surface area contributed by atoms with Crippen LogP contribution in [0, 0.1) is 6.92 Å². The third kappa shape index (κ3) is 3.56. The lowest BCUT2D eigenvalue weighted by Crippen LogP contribution is -2.48. The van der Waals surface area contributed by atoms with Gasteiger partial charge in [-0.05, 0) is 49.2 Å². The molecule has 2 unspecified atom stereocenters. The monoisotopic (exact) mass is 339 g/mol. The van der Waals surface area contributed by atoms with E-state index in [2.05, 4.69) is 0 Å². The molecule has 25 heavy (non-hydrogen) atoms. The summed E-state index contributed by atoms with van der Waals surface area (Å²) in [7, 11) is 0. The molecule has 1 aliphatic rings. The van der Waals surface area contributed by atoms with Crippen LogP contribution in [0.15, 0.2) is 48.5 Å². The van der Waals surface area contributed by atoms with E-state index in [9.17, 15) is 9.59 Å². The minimum Gasteiger partial charge on any atom is -0.478 e. The molecule has 5 nitrogen and oxygen atoms in total. The fourth-order valence-electron chi connectivity index (χ4n) is 3.10. The number of aromatic carboxylic acids is 1. The normalized spacial score (nSPS) is 20.3. The molecule has 2 aromatic carbocycles. The quantitative estimate of drug-likeness (QED) is 0.932. The molecular formula is C20H21NO4. The first kappa shape index (κ1) is 17.2. The lowest BCUT2D eigenvalue weighted by molar-refractivity contribution is -0.0489. The van der Waals surface area contributed by atoms with Crippen molar-refractivity contribution < 1.29 is 19.4 Å². The van der Waals surface area contributed by atoms with Crippen LogP contribution in [0.5, 0.6) is 0 Å². The molecule has 0 aliphatic carbocycles. The Bertz CT molecular complexity index is 785. The van der Waals surface area contributed by atoms with E-state index in [0.717, 1.165) is 11.1 Å². The molecule has 1 fully saturated rings. The topological polar surface area (TPSA) is 66.8 Å². The molecule has 1 saturated heterocycles.